The summed E-state index contributed by atoms with van der Waals surface area (Å²) >= 11 is 0. The zero-order valence-corrected chi connectivity index (χ0v) is 14.7. The summed E-state index contributed by atoms with van der Waals surface area (Å²) in [4.78, 5) is 10.7. The lowest BCUT2D eigenvalue weighted by atomic mass is 9.76. The Bertz CT molecular complexity index is 666. The van der Waals surface area contributed by atoms with Crippen LogP contribution >= 0.6 is 0 Å². The molecule has 1 amide bonds. The monoisotopic (exact) mass is 359 g/mol. The standard InChI is InChI=1S/C16H21BF3NO4/c1-8(21-14(22)23)9-6-7-10(12(18)11(9)13(19)20)17-24-15(2,3)16(4,5)25-17/h6-8,13,21H,1-5H3,(H,22,23). The molecule has 25 heavy (non-hydrogen) atoms. The van der Waals surface area contributed by atoms with Crippen LogP contribution in [0.25, 0.3) is 0 Å². The Morgan fingerprint density at radius 1 is 1.20 bits per heavy atom. The van der Waals surface area contributed by atoms with E-state index in [1.807, 2.05) is 0 Å². The largest absolute Gasteiger partial charge is 0.497 e. The number of amides is 1. The Balaban J connectivity index is 2.46. The molecule has 0 aliphatic carbocycles. The summed E-state index contributed by atoms with van der Waals surface area (Å²) in [5, 5.41) is 10.8. The Kier molecular flexibility index (Phi) is 5.12. The lowest BCUT2D eigenvalue weighted by Crippen LogP contribution is -2.41. The van der Waals surface area contributed by atoms with Crippen molar-refractivity contribution in [2.24, 2.45) is 0 Å². The van der Waals surface area contributed by atoms with E-state index in [4.69, 9.17) is 14.4 Å². The molecule has 1 unspecified atom stereocenters. The molecule has 1 aromatic carbocycles. The fourth-order valence-electron chi connectivity index (χ4n) is 2.64. The van der Waals surface area contributed by atoms with Gasteiger partial charge in [0.25, 0.3) is 6.43 Å². The number of alkyl halides is 2. The number of carboxylic acid groups (broad SMARTS) is 1. The smallest absolute Gasteiger partial charge is 0.465 e. The minimum Gasteiger partial charge on any atom is -0.465 e. The van der Waals surface area contributed by atoms with Crippen LogP contribution in [0.1, 0.15) is 58.2 Å². The van der Waals surface area contributed by atoms with Gasteiger partial charge < -0.3 is 19.7 Å². The molecule has 0 bridgehead atoms. The molecule has 1 atom stereocenters. The maximum Gasteiger partial charge on any atom is 0.497 e. The summed E-state index contributed by atoms with van der Waals surface area (Å²) in [6.45, 7) is 8.44. The van der Waals surface area contributed by atoms with Crippen LogP contribution in [0.2, 0.25) is 0 Å². The zero-order valence-electron chi connectivity index (χ0n) is 14.7. The fraction of sp³-hybridized carbons (Fsp3) is 0.562. The van der Waals surface area contributed by atoms with Gasteiger partial charge >= 0.3 is 13.2 Å². The Hall–Kier alpha value is -1.74. The summed E-state index contributed by atoms with van der Waals surface area (Å²) in [6.07, 6.45) is -4.50. The molecule has 1 aliphatic heterocycles. The van der Waals surface area contributed by atoms with Gasteiger partial charge in [-0.1, -0.05) is 12.1 Å². The quantitative estimate of drug-likeness (QED) is 0.809. The van der Waals surface area contributed by atoms with Gasteiger partial charge in [0.05, 0.1) is 22.8 Å². The molecule has 1 saturated heterocycles. The Labute approximate surface area is 144 Å². The molecule has 2 rings (SSSR count). The number of benzene rings is 1. The van der Waals surface area contributed by atoms with Crippen molar-refractivity contribution >= 4 is 18.7 Å². The van der Waals surface area contributed by atoms with Crippen molar-refractivity contribution in [3.05, 3.63) is 29.1 Å². The van der Waals surface area contributed by atoms with Gasteiger partial charge in [-0.05, 0) is 40.2 Å². The van der Waals surface area contributed by atoms with Crippen molar-refractivity contribution in [3.63, 3.8) is 0 Å². The highest BCUT2D eigenvalue weighted by Crippen LogP contribution is 2.37. The highest BCUT2D eigenvalue weighted by atomic mass is 19.3. The molecule has 1 heterocycles. The summed E-state index contributed by atoms with van der Waals surface area (Å²) in [6, 6.07) is 1.56. The molecule has 0 aromatic heterocycles. The van der Waals surface area contributed by atoms with Gasteiger partial charge in [-0.3, -0.25) is 0 Å². The summed E-state index contributed by atoms with van der Waals surface area (Å²) in [5.74, 6) is -1.15. The molecule has 0 radical (unpaired) electrons. The van der Waals surface area contributed by atoms with Crippen LogP contribution < -0.4 is 10.8 Å². The minimum atomic E-state index is -3.12. The summed E-state index contributed by atoms with van der Waals surface area (Å²) in [7, 11) is -1.13. The van der Waals surface area contributed by atoms with E-state index in [1.165, 1.54) is 19.1 Å². The molecule has 2 N–H and O–H groups in total. The highest BCUT2D eigenvalue weighted by Gasteiger charge is 2.52. The van der Waals surface area contributed by atoms with Crippen molar-refractivity contribution in [3.8, 4) is 0 Å². The molecule has 0 saturated carbocycles. The lowest BCUT2D eigenvalue weighted by molar-refractivity contribution is 0.00578. The normalized spacial score (nSPS) is 20.0. The van der Waals surface area contributed by atoms with Crippen molar-refractivity contribution < 1.29 is 32.4 Å². The number of carbonyl (C=O) groups is 1. The van der Waals surface area contributed by atoms with Gasteiger partial charge in [0.1, 0.15) is 5.82 Å². The van der Waals surface area contributed by atoms with E-state index in [1.54, 1.807) is 27.7 Å². The molecule has 1 fully saturated rings. The van der Waals surface area contributed by atoms with Crippen molar-refractivity contribution in [1.82, 2.24) is 5.32 Å². The van der Waals surface area contributed by atoms with Crippen molar-refractivity contribution in [2.45, 2.75) is 58.3 Å². The van der Waals surface area contributed by atoms with Gasteiger partial charge in [0.2, 0.25) is 0 Å². The second-order valence-corrected chi connectivity index (χ2v) is 7.03. The van der Waals surface area contributed by atoms with E-state index in [0.29, 0.717) is 0 Å². The van der Waals surface area contributed by atoms with Crippen LogP contribution in [0.15, 0.2) is 12.1 Å². The predicted octanol–water partition coefficient (Wildman–Crippen LogP) is 3.39. The third-order valence-electron chi connectivity index (χ3n) is 4.78. The fourth-order valence-corrected chi connectivity index (χ4v) is 2.64. The van der Waals surface area contributed by atoms with E-state index in [0.717, 1.165) is 0 Å². The van der Waals surface area contributed by atoms with Gasteiger partial charge in [0.15, 0.2) is 0 Å². The van der Waals surface area contributed by atoms with Crippen molar-refractivity contribution in [2.75, 3.05) is 0 Å². The molecule has 0 spiro atoms. The molecule has 5 nitrogen and oxygen atoms in total. The maximum atomic E-state index is 14.8. The van der Waals surface area contributed by atoms with Crippen LogP contribution in [-0.2, 0) is 9.31 Å². The zero-order chi connectivity index (χ0) is 19.2. The van der Waals surface area contributed by atoms with Gasteiger partial charge in [-0.25, -0.2) is 18.0 Å². The first-order valence-corrected chi connectivity index (χ1v) is 7.83. The van der Waals surface area contributed by atoms with Crippen LogP contribution in [0.5, 0.6) is 0 Å². The molecule has 138 valence electrons. The molecular formula is C16H21BF3NO4. The van der Waals surface area contributed by atoms with E-state index < -0.39 is 48.3 Å². The van der Waals surface area contributed by atoms with E-state index in [2.05, 4.69) is 5.32 Å². The first-order valence-electron chi connectivity index (χ1n) is 7.83. The first-order chi connectivity index (χ1) is 11.4. The summed E-state index contributed by atoms with van der Waals surface area (Å²) in [5.41, 5.74) is -2.61. The Morgan fingerprint density at radius 2 is 1.72 bits per heavy atom. The number of hydrogen-bond donors (Lipinski definition) is 2. The summed E-state index contributed by atoms with van der Waals surface area (Å²) < 4.78 is 53.2. The van der Waals surface area contributed by atoms with Crippen LogP contribution in [0.3, 0.4) is 0 Å². The number of hydrogen-bond acceptors (Lipinski definition) is 3. The number of rotatable bonds is 4. The molecule has 1 aliphatic rings. The second kappa shape index (κ2) is 6.53. The van der Waals surface area contributed by atoms with Gasteiger partial charge in [-0.2, -0.15) is 0 Å². The minimum absolute atomic E-state index is 0.129. The predicted molar refractivity (Wildman–Crippen MR) is 86.6 cm³/mol. The third kappa shape index (κ3) is 3.62. The SMILES string of the molecule is CC(NC(=O)O)c1ccc(B2OC(C)(C)C(C)(C)O2)c(F)c1C(F)F. The lowest BCUT2D eigenvalue weighted by Gasteiger charge is -2.32. The molecule has 9 heteroatoms. The van der Waals surface area contributed by atoms with Crippen LogP contribution in [-0.4, -0.2) is 29.5 Å². The third-order valence-corrected chi connectivity index (χ3v) is 4.78. The van der Waals surface area contributed by atoms with Crippen molar-refractivity contribution in [1.29, 1.82) is 0 Å². The van der Waals surface area contributed by atoms with Crippen LogP contribution in [0, 0.1) is 5.82 Å². The number of halogens is 3. The van der Waals surface area contributed by atoms with Gasteiger partial charge in [-0.15, -0.1) is 0 Å². The average molecular weight is 359 g/mol. The molecular weight excluding hydrogens is 338 g/mol. The highest BCUT2D eigenvalue weighted by molar-refractivity contribution is 6.62. The van der Waals surface area contributed by atoms with E-state index in [9.17, 15) is 18.0 Å². The number of nitrogens with one attached hydrogen (secondary N) is 1. The van der Waals surface area contributed by atoms with Gasteiger partial charge in [0, 0.05) is 5.46 Å². The first kappa shape index (κ1) is 19.6. The van der Waals surface area contributed by atoms with Crippen LogP contribution in [0.4, 0.5) is 18.0 Å². The Morgan fingerprint density at radius 3 is 2.16 bits per heavy atom. The second-order valence-electron chi connectivity index (χ2n) is 7.03. The van der Waals surface area contributed by atoms with E-state index in [-0.39, 0.29) is 11.0 Å². The van der Waals surface area contributed by atoms with E-state index >= 15 is 0 Å². The topological polar surface area (TPSA) is 67.8 Å². The average Bonchev–Trinajstić information content (AvgIpc) is 2.65. The maximum absolute atomic E-state index is 14.8. The molecule has 1 aromatic rings.